The highest BCUT2D eigenvalue weighted by molar-refractivity contribution is 5.87. The molecule has 42 heavy (non-hydrogen) atoms. The Kier molecular flexibility index (Phi) is 7.69. The molecule has 5 heterocycles. The predicted molar refractivity (Wildman–Crippen MR) is 154 cm³/mol. The lowest BCUT2D eigenvalue weighted by atomic mass is 9.85. The van der Waals surface area contributed by atoms with Gasteiger partial charge in [-0.05, 0) is 61.3 Å². The number of nitrogens with zero attached hydrogens (tertiary/aromatic N) is 5. The number of aryl methyl sites for hydroxylation is 1. The molecule has 0 aromatic heterocycles. The fourth-order valence-corrected chi connectivity index (χ4v) is 6.50. The van der Waals surface area contributed by atoms with Gasteiger partial charge < -0.3 is 15.0 Å². The Labute approximate surface area is 243 Å². The van der Waals surface area contributed by atoms with Crippen LogP contribution in [0.15, 0.2) is 66.6 Å². The van der Waals surface area contributed by atoms with Gasteiger partial charge in [0, 0.05) is 66.8 Å². The normalized spacial score (nSPS) is 29.3. The molecule has 1 aromatic rings. The molecule has 0 spiro atoms. The average Bonchev–Trinajstić information content (AvgIpc) is 3.19. The number of piperidine rings is 1. The maximum absolute atomic E-state index is 13.9. The lowest BCUT2D eigenvalue weighted by molar-refractivity contribution is -0.716. The third-order valence-corrected chi connectivity index (χ3v) is 8.73. The second kappa shape index (κ2) is 11.6. The van der Waals surface area contributed by atoms with Crippen molar-refractivity contribution in [3.05, 3.63) is 86.9 Å². The van der Waals surface area contributed by atoms with Crippen molar-refractivity contribution in [2.75, 3.05) is 31.7 Å². The summed E-state index contributed by atoms with van der Waals surface area (Å²) in [6, 6.07) is 4.31. The number of hydrogen-bond acceptors (Lipinski definition) is 9. The van der Waals surface area contributed by atoms with Crippen LogP contribution in [0.25, 0.3) is 0 Å². The minimum Gasteiger partial charge on any atom is -0.457 e. The van der Waals surface area contributed by atoms with E-state index in [-0.39, 0.29) is 25.3 Å². The summed E-state index contributed by atoms with van der Waals surface area (Å²) in [6.07, 6.45) is 10.4. The van der Waals surface area contributed by atoms with Crippen LogP contribution in [-0.4, -0.2) is 87.0 Å². The molecule has 0 aliphatic carbocycles. The van der Waals surface area contributed by atoms with E-state index in [1.807, 2.05) is 25.1 Å². The van der Waals surface area contributed by atoms with Crippen LogP contribution in [0.2, 0.25) is 0 Å². The molecule has 13 heteroatoms. The largest absolute Gasteiger partial charge is 0.457 e. The third-order valence-electron chi connectivity index (χ3n) is 8.73. The molecule has 1 amide bonds. The molecule has 5 aliphatic heterocycles. The van der Waals surface area contributed by atoms with Crippen LogP contribution in [0.4, 0.5) is 5.69 Å². The first-order valence-electron chi connectivity index (χ1n) is 14.5. The Morgan fingerprint density at radius 3 is 2.83 bits per heavy atom. The minimum atomic E-state index is -0.600. The standard InChI is InChI=1S/C29H37N8O5/c1-3-27(38)33-12-4-5-20(10-13-33)23-7-8-24-28(37(23)41)29(30-17-35(24)39)32-21-6-9-25(19(2)15-21)42-22-11-14-34-26(16-22)36(40)18-31-34/h3,5-6,9,11,14-16,23-24,26,28-32H,1,4,7-8,10,12-13,17-18H2,2H3/q+3. The summed E-state index contributed by atoms with van der Waals surface area (Å²) in [4.78, 5) is 52.6. The van der Waals surface area contributed by atoms with Crippen molar-refractivity contribution in [1.29, 1.82) is 0 Å². The number of nitroso groups, excluding NO2 is 3. The molecule has 1 aromatic carbocycles. The monoisotopic (exact) mass is 577 g/mol. The summed E-state index contributed by atoms with van der Waals surface area (Å²) in [6.45, 7) is 7.02. The zero-order chi connectivity index (χ0) is 29.4. The van der Waals surface area contributed by atoms with E-state index >= 15 is 0 Å². The summed E-state index contributed by atoms with van der Waals surface area (Å²) in [5.41, 5.74) is 5.69. The van der Waals surface area contributed by atoms with Crippen LogP contribution < -0.4 is 20.8 Å². The molecule has 3 N–H and O–H groups in total. The van der Waals surface area contributed by atoms with Crippen LogP contribution in [-0.2, 0) is 4.79 Å². The van der Waals surface area contributed by atoms with Gasteiger partial charge in [-0.2, -0.15) is 5.43 Å². The van der Waals surface area contributed by atoms with Gasteiger partial charge in [-0.3, -0.25) is 4.79 Å². The highest BCUT2D eigenvalue weighted by Crippen LogP contribution is 2.33. The number of benzene rings is 1. The Balaban J connectivity index is 1.15. The van der Waals surface area contributed by atoms with E-state index in [1.165, 1.54) is 6.08 Å². The predicted octanol–water partition coefficient (Wildman–Crippen LogP) is 2.16. The van der Waals surface area contributed by atoms with Gasteiger partial charge in [0.25, 0.3) is 18.8 Å². The van der Waals surface area contributed by atoms with Gasteiger partial charge in [0.1, 0.15) is 11.5 Å². The van der Waals surface area contributed by atoms with Crippen molar-refractivity contribution < 1.29 is 23.8 Å². The third kappa shape index (κ3) is 5.37. The van der Waals surface area contributed by atoms with Crippen molar-refractivity contribution in [1.82, 2.24) is 20.7 Å². The molecule has 5 aliphatic rings. The second-order valence-electron chi connectivity index (χ2n) is 11.3. The molecule has 3 saturated heterocycles. The second-order valence-corrected chi connectivity index (χ2v) is 11.3. The topological polar surface area (TPSA) is 129 Å². The quantitative estimate of drug-likeness (QED) is 0.265. The maximum atomic E-state index is 13.9. The van der Waals surface area contributed by atoms with Gasteiger partial charge in [-0.1, -0.05) is 12.7 Å². The highest BCUT2D eigenvalue weighted by atomic mass is 16.5. The van der Waals surface area contributed by atoms with Gasteiger partial charge in [0.05, 0.1) is 6.08 Å². The van der Waals surface area contributed by atoms with E-state index in [2.05, 4.69) is 28.7 Å². The van der Waals surface area contributed by atoms with Gasteiger partial charge in [-0.15, -0.1) is 0 Å². The van der Waals surface area contributed by atoms with Crippen LogP contribution in [0.5, 0.6) is 5.75 Å². The number of allylic oxidation sites excluding steroid dienone is 1. The van der Waals surface area contributed by atoms with E-state index in [9.17, 15) is 19.5 Å². The number of fused-ring (bicyclic) bond motifs is 2. The summed E-state index contributed by atoms with van der Waals surface area (Å²) in [7, 11) is 0. The Morgan fingerprint density at radius 2 is 2.02 bits per heavy atom. The highest BCUT2D eigenvalue weighted by Gasteiger charge is 2.59. The number of rotatable bonds is 6. The average molecular weight is 578 g/mol. The molecule has 0 bridgehead atoms. The molecular formula is C29H37N8O5+3. The Bertz CT molecular complexity index is 1420. The lowest BCUT2D eigenvalue weighted by Gasteiger charge is -2.34. The van der Waals surface area contributed by atoms with Gasteiger partial charge >= 0.3 is 6.17 Å². The van der Waals surface area contributed by atoms with Crippen LogP contribution in [0.1, 0.15) is 31.2 Å². The number of hydrogen-bond donors (Lipinski definition) is 3. The van der Waals surface area contributed by atoms with E-state index < -0.39 is 24.4 Å². The van der Waals surface area contributed by atoms with Crippen molar-refractivity contribution in [2.24, 2.45) is 0 Å². The fraction of sp³-hybridized carbons (Fsp3) is 0.483. The summed E-state index contributed by atoms with van der Waals surface area (Å²) in [5.74, 6) is 1.14. The van der Waals surface area contributed by atoms with Crippen LogP contribution in [0.3, 0.4) is 0 Å². The molecule has 13 nitrogen and oxygen atoms in total. The number of amides is 1. The van der Waals surface area contributed by atoms with Gasteiger partial charge in [-0.25, -0.2) is 10.3 Å². The van der Waals surface area contributed by atoms with E-state index in [4.69, 9.17) is 4.74 Å². The fourth-order valence-electron chi connectivity index (χ4n) is 6.50. The summed E-state index contributed by atoms with van der Waals surface area (Å²) >= 11 is 0. The Hall–Kier alpha value is -4.23. The van der Waals surface area contributed by atoms with Crippen LogP contribution in [0, 0.1) is 21.6 Å². The molecule has 0 radical (unpaired) electrons. The van der Waals surface area contributed by atoms with Gasteiger partial charge in [0.2, 0.25) is 18.6 Å². The Morgan fingerprint density at radius 1 is 1.17 bits per heavy atom. The smallest absolute Gasteiger partial charge is 0.313 e. The molecule has 6 rings (SSSR count). The van der Waals surface area contributed by atoms with Gasteiger partial charge in [0.15, 0.2) is 6.17 Å². The number of nitrogens with one attached hydrogen (secondary N) is 3. The molecule has 5 atom stereocenters. The van der Waals surface area contributed by atoms with E-state index in [0.29, 0.717) is 50.3 Å². The number of hydrazine groups is 1. The molecule has 5 unspecified atom stereocenters. The van der Waals surface area contributed by atoms with Crippen molar-refractivity contribution >= 4 is 11.6 Å². The summed E-state index contributed by atoms with van der Waals surface area (Å²) in [5, 5.41) is 8.41. The zero-order valence-corrected chi connectivity index (χ0v) is 23.6. The first-order chi connectivity index (χ1) is 20.3. The maximum Gasteiger partial charge on any atom is 0.313 e. The van der Waals surface area contributed by atoms with E-state index in [0.717, 1.165) is 31.1 Å². The number of anilines is 1. The number of carbonyl (C=O) groups excluding carboxylic acids is 1. The van der Waals surface area contributed by atoms with Crippen molar-refractivity contribution in [2.45, 2.75) is 63.1 Å². The SMILES string of the molecule is C=CC(=O)N1CCC=C(C2CCC3C(C(Nc4ccc(OC5=CC6N(C=C5)NC[N+]6=O)c(C)c4)NC[N+]3=O)[N+]2=O)CC1. The summed E-state index contributed by atoms with van der Waals surface area (Å²) < 4.78 is 9.11. The molecular weight excluding hydrogens is 540 g/mol. The molecule has 3 fully saturated rings. The first kappa shape index (κ1) is 27.9. The lowest BCUT2D eigenvalue weighted by Crippen LogP contribution is -2.67. The van der Waals surface area contributed by atoms with E-state index in [1.54, 1.807) is 28.3 Å². The number of ether oxygens (including phenoxy) is 1. The molecule has 220 valence electrons. The van der Waals surface area contributed by atoms with Crippen LogP contribution >= 0.6 is 0 Å². The van der Waals surface area contributed by atoms with Crippen molar-refractivity contribution in [3.63, 3.8) is 0 Å². The first-order valence-corrected chi connectivity index (χ1v) is 14.5. The van der Waals surface area contributed by atoms with Crippen molar-refractivity contribution in [3.8, 4) is 5.75 Å². The minimum absolute atomic E-state index is 0.0967. The number of carbonyl (C=O) groups is 1. The zero-order valence-electron chi connectivity index (χ0n) is 23.6. The molecule has 0 saturated carbocycles.